The van der Waals surface area contributed by atoms with E-state index in [0.29, 0.717) is 25.5 Å². The topological polar surface area (TPSA) is 95.4 Å². The minimum Gasteiger partial charge on any atom is -0.396 e. The van der Waals surface area contributed by atoms with E-state index < -0.39 is 10.0 Å². The molecule has 0 radical (unpaired) electrons. The maximum absolute atomic E-state index is 12.3. The first-order valence-electron chi connectivity index (χ1n) is 6.18. The molecule has 1 aliphatic rings. The number of nitrogens with one attached hydrogen (secondary N) is 1. The van der Waals surface area contributed by atoms with E-state index in [0.717, 1.165) is 6.42 Å². The third-order valence-corrected chi connectivity index (χ3v) is 5.09. The van der Waals surface area contributed by atoms with Crippen LogP contribution in [0.3, 0.4) is 0 Å². The Bertz CT molecular complexity index is 517. The number of aliphatic hydroxyl groups excluding tert-OH is 1. The molecule has 0 bridgehead atoms. The summed E-state index contributed by atoms with van der Waals surface area (Å²) in [5.74, 6) is 0.621. The van der Waals surface area contributed by atoms with Gasteiger partial charge in [-0.1, -0.05) is 0 Å². The fourth-order valence-corrected chi connectivity index (χ4v) is 3.58. The van der Waals surface area contributed by atoms with Crippen LogP contribution in [0.15, 0.2) is 17.3 Å². The van der Waals surface area contributed by atoms with E-state index in [9.17, 15) is 8.42 Å². The van der Waals surface area contributed by atoms with E-state index in [1.165, 1.54) is 16.7 Å². The largest absolute Gasteiger partial charge is 0.396 e. The number of hydrogen-bond acceptors (Lipinski definition) is 6. The molecular weight excluding hydrogens is 268 g/mol. The smallest absolute Gasteiger partial charge is 0.246 e. The van der Waals surface area contributed by atoms with Gasteiger partial charge in [0.1, 0.15) is 4.90 Å². The molecule has 19 heavy (non-hydrogen) atoms. The lowest BCUT2D eigenvalue weighted by Gasteiger charge is -2.16. The molecule has 1 aliphatic heterocycles. The van der Waals surface area contributed by atoms with Gasteiger partial charge in [0.25, 0.3) is 0 Å². The van der Waals surface area contributed by atoms with Crippen molar-refractivity contribution in [3.8, 4) is 0 Å². The number of aliphatic hydroxyl groups is 1. The fraction of sp³-hybridized carbons (Fsp3) is 0.636. The van der Waals surface area contributed by atoms with Crippen LogP contribution in [0.25, 0.3) is 0 Å². The molecular formula is C11H18N4O3S. The van der Waals surface area contributed by atoms with Crippen molar-refractivity contribution in [1.29, 1.82) is 0 Å². The van der Waals surface area contributed by atoms with Gasteiger partial charge in [-0.3, -0.25) is 0 Å². The molecule has 1 atom stereocenters. The van der Waals surface area contributed by atoms with Crippen LogP contribution in [-0.4, -0.2) is 54.5 Å². The average molecular weight is 286 g/mol. The first-order valence-corrected chi connectivity index (χ1v) is 7.62. The van der Waals surface area contributed by atoms with Gasteiger partial charge in [-0.05, 0) is 18.8 Å². The number of hydrogen-bond donors (Lipinski definition) is 2. The number of sulfonamides is 1. The van der Waals surface area contributed by atoms with Crippen LogP contribution in [0.4, 0.5) is 5.95 Å². The van der Waals surface area contributed by atoms with Gasteiger partial charge in [-0.2, -0.15) is 4.31 Å². The summed E-state index contributed by atoms with van der Waals surface area (Å²) in [7, 11) is -1.85. The SMILES string of the molecule is CNc1ncc(S(=O)(=O)N2CCC(CCO)C2)cn1. The first kappa shape index (κ1) is 14.2. The van der Waals surface area contributed by atoms with Gasteiger partial charge in [0.05, 0.1) is 12.4 Å². The Morgan fingerprint density at radius 2 is 2.16 bits per heavy atom. The van der Waals surface area contributed by atoms with Crippen molar-refractivity contribution >= 4 is 16.0 Å². The van der Waals surface area contributed by atoms with Crippen molar-refractivity contribution in [2.24, 2.45) is 5.92 Å². The molecule has 2 N–H and O–H groups in total. The minimum absolute atomic E-state index is 0.0958. The zero-order valence-corrected chi connectivity index (χ0v) is 11.6. The highest BCUT2D eigenvalue weighted by Crippen LogP contribution is 2.25. The van der Waals surface area contributed by atoms with Crippen LogP contribution in [-0.2, 0) is 10.0 Å². The number of nitrogens with zero attached hydrogens (tertiary/aromatic N) is 3. The molecule has 2 rings (SSSR count). The maximum atomic E-state index is 12.3. The third kappa shape index (κ3) is 3.02. The summed E-state index contributed by atoms with van der Waals surface area (Å²) < 4.78 is 26.1. The van der Waals surface area contributed by atoms with Gasteiger partial charge in [0.2, 0.25) is 16.0 Å². The van der Waals surface area contributed by atoms with Crippen molar-refractivity contribution in [1.82, 2.24) is 14.3 Å². The van der Waals surface area contributed by atoms with E-state index in [1.54, 1.807) is 7.05 Å². The molecule has 7 nitrogen and oxygen atoms in total. The second kappa shape index (κ2) is 5.81. The summed E-state index contributed by atoms with van der Waals surface area (Å²) in [6, 6.07) is 0. The highest BCUT2D eigenvalue weighted by Gasteiger charge is 2.32. The third-order valence-electron chi connectivity index (χ3n) is 3.28. The summed E-state index contributed by atoms with van der Waals surface area (Å²) in [6.07, 6.45) is 4.05. The van der Waals surface area contributed by atoms with E-state index >= 15 is 0 Å². The van der Waals surface area contributed by atoms with Gasteiger partial charge in [0.15, 0.2) is 0 Å². The molecule has 0 amide bonds. The zero-order chi connectivity index (χ0) is 13.9. The number of anilines is 1. The van der Waals surface area contributed by atoms with Crippen LogP contribution in [0.5, 0.6) is 0 Å². The molecule has 0 spiro atoms. The molecule has 0 saturated carbocycles. The molecule has 0 aliphatic carbocycles. The standard InChI is InChI=1S/C11H18N4O3S/c1-12-11-13-6-10(7-14-11)19(17,18)15-4-2-9(8-15)3-5-16/h6-7,9,16H,2-5,8H2,1H3,(H,12,13,14). The molecule has 0 aromatic carbocycles. The highest BCUT2D eigenvalue weighted by atomic mass is 32.2. The Balaban J connectivity index is 2.13. The first-order chi connectivity index (χ1) is 9.07. The lowest BCUT2D eigenvalue weighted by Crippen LogP contribution is -2.29. The predicted octanol–water partition coefficient (Wildman–Crippen LogP) is -0.0887. The zero-order valence-electron chi connectivity index (χ0n) is 10.8. The van der Waals surface area contributed by atoms with Gasteiger partial charge >= 0.3 is 0 Å². The van der Waals surface area contributed by atoms with Gasteiger partial charge in [-0.15, -0.1) is 0 Å². The van der Waals surface area contributed by atoms with E-state index in [4.69, 9.17) is 5.11 Å². The Hall–Kier alpha value is -1.25. The van der Waals surface area contributed by atoms with Gasteiger partial charge < -0.3 is 10.4 Å². The summed E-state index contributed by atoms with van der Waals surface area (Å²) in [6.45, 7) is 1.04. The van der Waals surface area contributed by atoms with Crippen LogP contribution >= 0.6 is 0 Å². The van der Waals surface area contributed by atoms with Gasteiger partial charge in [0, 0.05) is 26.7 Å². The Morgan fingerprint density at radius 3 is 2.74 bits per heavy atom. The summed E-state index contributed by atoms with van der Waals surface area (Å²) >= 11 is 0. The monoisotopic (exact) mass is 286 g/mol. The fourth-order valence-electron chi connectivity index (χ4n) is 2.16. The van der Waals surface area contributed by atoms with Gasteiger partial charge in [-0.25, -0.2) is 18.4 Å². The molecule has 8 heteroatoms. The van der Waals surface area contributed by atoms with E-state index in [2.05, 4.69) is 15.3 Å². The molecule has 1 saturated heterocycles. The Labute approximate surface area is 112 Å². The van der Waals surface area contributed by atoms with Crippen molar-refractivity contribution in [2.75, 3.05) is 32.1 Å². The van der Waals surface area contributed by atoms with Crippen LogP contribution in [0.1, 0.15) is 12.8 Å². The normalized spacial score (nSPS) is 20.6. The summed E-state index contributed by atoms with van der Waals surface area (Å²) in [4.78, 5) is 7.95. The molecule has 106 valence electrons. The molecule has 1 fully saturated rings. The van der Waals surface area contributed by atoms with E-state index in [-0.39, 0.29) is 17.4 Å². The number of aromatic nitrogens is 2. The van der Waals surface area contributed by atoms with Crippen molar-refractivity contribution < 1.29 is 13.5 Å². The van der Waals surface area contributed by atoms with Crippen molar-refractivity contribution in [2.45, 2.75) is 17.7 Å². The van der Waals surface area contributed by atoms with Crippen molar-refractivity contribution in [3.05, 3.63) is 12.4 Å². The van der Waals surface area contributed by atoms with Crippen LogP contribution in [0, 0.1) is 5.92 Å². The Kier molecular flexibility index (Phi) is 4.33. The quantitative estimate of drug-likeness (QED) is 0.785. The Morgan fingerprint density at radius 1 is 1.47 bits per heavy atom. The minimum atomic E-state index is -3.52. The van der Waals surface area contributed by atoms with E-state index in [1.807, 2.05) is 0 Å². The lowest BCUT2D eigenvalue weighted by molar-refractivity contribution is 0.259. The predicted molar refractivity (Wildman–Crippen MR) is 70.1 cm³/mol. The average Bonchev–Trinajstić information content (AvgIpc) is 2.89. The second-order valence-electron chi connectivity index (χ2n) is 4.52. The van der Waals surface area contributed by atoms with Crippen molar-refractivity contribution in [3.63, 3.8) is 0 Å². The maximum Gasteiger partial charge on any atom is 0.246 e. The number of rotatable bonds is 5. The summed E-state index contributed by atoms with van der Waals surface area (Å²) in [5, 5.41) is 11.6. The summed E-state index contributed by atoms with van der Waals surface area (Å²) in [5.41, 5.74) is 0. The second-order valence-corrected chi connectivity index (χ2v) is 6.46. The van der Waals surface area contributed by atoms with Crippen LogP contribution < -0.4 is 5.32 Å². The molecule has 2 heterocycles. The van der Waals surface area contributed by atoms with Crippen LogP contribution in [0.2, 0.25) is 0 Å². The highest BCUT2D eigenvalue weighted by molar-refractivity contribution is 7.89. The molecule has 1 unspecified atom stereocenters. The molecule has 1 aromatic rings. The lowest BCUT2D eigenvalue weighted by atomic mass is 10.1. The molecule has 1 aromatic heterocycles.